The van der Waals surface area contributed by atoms with E-state index in [1.54, 1.807) is 6.07 Å². The van der Waals surface area contributed by atoms with Crippen LogP contribution in [0.1, 0.15) is 44.6 Å². The molecule has 2 unspecified atom stereocenters. The maximum atomic E-state index is 9.53. The molecule has 1 aromatic rings. The monoisotopic (exact) mass is 247 g/mol. The van der Waals surface area contributed by atoms with E-state index in [1.807, 2.05) is 12.1 Å². The maximum absolute atomic E-state index is 9.53. The quantitative estimate of drug-likeness (QED) is 0.834. The first-order valence-electron chi connectivity index (χ1n) is 7.31. The van der Waals surface area contributed by atoms with Crippen molar-refractivity contribution in [2.45, 2.75) is 51.5 Å². The third-order valence-electron chi connectivity index (χ3n) is 3.97. The maximum Gasteiger partial charge on any atom is 0.115 e. The van der Waals surface area contributed by atoms with E-state index in [4.69, 9.17) is 0 Å². The van der Waals surface area contributed by atoms with Crippen LogP contribution in [0.5, 0.6) is 5.75 Å². The molecule has 0 bridgehead atoms. The lowest BCUT2D eigenvalue weighted by molar-refractivity contribution is 0.261. The Labute approximate surface area is 110 Å². The van der Waals surface area contributed by atoms with Crippen LogP contribution in [0, 0.1) is 5.92 Å². The Hall–Kier alpha value is -1.02. The third-order valence-corrected chi connectivity index (χ3v) is 3.97. The Morgan fingerprint density at radius 2 is 2.11 bits per heavy atom. The SMILES string of the molecule is CCCNC1CCCCC1Cc1cccc(O)c1. The summed E-state index contributed by atoms with van der Waals surface area (Å²) in [4.78, 5) is 0. The minimum absolute atomic E-state index is 0.390. The van der Waals surface area contributed by atoms with E-state index in [0.29, 0.717) is 11.8 Å². The van der Waals surface area contributed by atoms with E-state index >= 15 is 0 Å². The molecule has 2 heteroatoms. The van der Waals surface area contributed by atoms with Crippen molar-refractivity contribution in [3.05, 3.63) is 29.8 Å². The molecule has 1 fully saturated rings. The Balaban J connectivity index is 1.96. The van der Waals surface area contributed by atoms with Gasteiger partial charge < -0.3 is 10.4 Å². The lowest BCUT2D eigenvalue weighted by Crippen LogP contribution is -2.39. The molecule has 0 radical (unpaired) electrons. The van der Waals surface area contributed by atoms with Crippen LogP contribution in [0.3, 0.4) is 0 Å². The van der Waals surface area contributed by atoms with Crippen LogP contribution >= 0.6 is 0 Å². The molecule has 0 amide bonds. The summed E-state index contributed by atoms with van der Waals surface area (Å²) in [5.41, 5.74) is 1.27. The van der Waals surface area contributed by atoms with Crippen molar-refractivity contribution >= 4 is 0 Å². The van der Waals surface area contributed by atoms with Gasteiger partial charge >= 0.3 is 0 Å². The molecule has 2 N–H and O–H groups in total. The number of rotatable bonds is 5. The molecule has 0 aliphatic heterocycles. The highest BCUT2D eigenvalue weighted by Gasteiger charge is 2.24. The fourth-order valence-electron chi connectivity index (χ4n) is 3.04. The zero-order valence-corrected chi connectivity index (χ0v) is 11.4. The number of phenols is 1. The first kappa shape index (κ1) is 13.4. The van der Waals surface area contributed by atoms with Gasteiger partial charge in [0.2, 0.25) is 0 Å². The zero-order chi connectivity index (χ0) is 12.8. The molecular formula is C16H25NO. The van der Waals surface area contributed by atoms with Crippen LogP contribution in [0.25, 0.3) is 0 Å². The lowest BCUT2D eigenvalue weighted by atomic mass is 9.80. The van der Waals surface area contributed by atoms with Crippen LogP contribution < -0.4 is 5.32 Å². The number of aromatic hydroxyl groups is 1. The largest absolute Gasteiger partial charge is 0.508 e. The molecule has 2 rings (SSSR count). The van der Waals surface area contributed by atoms with Crippen molar-refractivity contribution in [3.63, 3.8) is 0 Å². The summed E-state index contributed by atoms with van der Waals surface area (Å²) in [6.07, 6.45) is 7.64. The molecule has 2 atom stereocenters. The zero-order valence-electron chi connectivity index (χ0n) is 11.4. The van der Waals surface area contributed by atoms with Gasteiger partial charge in [0.05, 0.1) is 0 Å². The first-order valence-corrected chi connectivity index (χ1v) is 7.31. The van der Waals surface area contributed by atoms with Gasteiger partial charge in [-0.3, -0.25) is 0 Å². The first-order chi connectivity index (χ1) is 8.79. The molecular weight excluding hydrogens is 222 g/mol. The average molecular weight is 247 g/mol. The molecule has 1 saturated carbocycles. The predicted octanol–water partition coefficient (Wildman–Crippen LogP) is 3.49. The van der Waals surface area contributed by atoms with Crippen molar-refractivity contribution < 1.29 is 5.11 Å². The van der Waals surface area contributed by atoms with E-state index in [0.717, 1.165) is 18.9 Å². The van der Waals surface area contributed by atoms with Gasteiger partial charge in [0, 0.05) is 6.04 Å². The highest BCUT2D eigenvalue weighted by atomic mass is 16.3. The van der Waals surface area contributed by atoms with Gasteiger partial charge in [-0.05, 0) is 55.8 Å². The van der Waals surface area contributed by atoms with Crippen molar-refractivity contribution in [3.8, 4) is 5.75 Å². The molecule has 1 aliphatic rings. The minimum Gasteiger partial charge on any atom is -0.508 e. The average Bonchev–Trinajstić information content (AvgIpc) is 2.38. The summed E-state index contributed by atoms with van der Waals surface area (Å²) >= 11 is 0. The molecule has 0 spiro atoms. The highest BCUT2D eigenvalue weighted by molar-refractivity contribution is 5.27. The van der Waals surface area contributed by atoms with Crippen LogP contribution in [0.4, 0.5) is 0 Å². The van der Waals surface area contributed by atoms with Crippen LogP contribution in [0.15, 0.2) is 24.3 Å². The van der Waals surface area contributed by atoms with E-state index in [2.05, 4.69) is 18.3 Å². The normalized spacial score (nSPS) is 24.1. The van der Waals surface area contributed by atoms with Gasteiger partial charge in [0.25, 0.3) is 0 Å². The van der Waals surface area contributed by atoms with E-state index in [9.17, 15) is 5.11 Å². The topological polar surface area (TPSA) is 32.3 Å². The summed E-state index contributed by atoms with van der Waals surface area (Å²) in [5, 5.41) is 13.2. The summed E-state index contributed by atoms with van der Waals surface area (Å²) in [7, 11) is 0. The van der Waals surface area contributed by atoms with Crippen LogP contribution in [-0.2, 0) is 6.42 Å². The van der Waals surface area contributed by atoms with Crippen molar-refractivity contribution in [1.82, 2.24) is 5.32 Å². The van der Waals surface area contributed by atoms with Gasteiger partial charge in [0.15, 0.2) is 0 Å². The molecule has 1 aliphatic carbocycles. The van der Waals surface area contributed by atoms with Crippen molar-refractivity contribution in [1.29, 1.82) is 0 Å². The summed E-state index contributed by atoms with van der Waals surface area (Å²) in [5.74, 6) is 1.12. The van der Waals surface area contributed by atoms with Crippen molar-refractivity contribution in [2.75, 3.05) is 6.54 Å². The standard InChI is InChI=1S/C16H25NO/c1-2-10-17-16-9-4-3-7-14(16)11-13-6-5-8-15(18)12-13/h5-6,8,12,14,16-18H,2-4,7,9-11H2,1H3. The number of hydrogen-bond acceptors (Lipinski definition) is 2. The summed E-state index contributed by atoms with van der Waals surface area (Å²) in [6.45, 7) is 3.35. The fourth-order valence-corrected chi connectivity index (χ4v) is 3.04. The van der Waals surface area contributed by atoms with Crippen LogP contribution in [-0.4, -0.2) is 17.7 Å². The molecule has 1 aromatic carbocycles. The number of phenolic OH excluding ortho intramolecular Hbond substituents is 1. The van der Waals surface area contributed by atoms with Gasteiger partial charge in [-0.1, -0.05) is 31.9 Å². The molecule has 2 nitrogen and oxygen atoms in total. The van der Waals surface area contributed by atoms with E-state index in [-0.39, 0.29) is 0 Å². The van der Waals surface area contributed by atoms with Crippen LogP contribution in [0.2, 0.25) is 0 Å². The number of hydrogen-bond donors (Lipinski definition) is 2. The molecule has 0 heterocycles. The van der Waals surface area contributed by atoms with E-state index < -0.39 is 0 Å². The van der Waals surface area contributed by atoms with Gasteiger partial charge in [-0.15, -0.1) is 0 Å². The van der Waals surface area contributed by atoms with Gasteiger partial charge in [0.1, 0.15) is 5.75 Å². The fraction of sp³-hybridized carbons (Fsp3) is 0.625. The van der Waals surface area contributed by atoms with Gasteiger partial charge in [-0.2, -0.15) is 0 Å². The highest BCUT2D eigenvalue weighted by Crippen LogP contribution is 2.28. The molecule has 18 heavy (non-hydrogen) atoms. The second-order valence-electron chi connectivity index (χ2n) is 5.48. The predicted molar refractivity (Wildman–Crippen MR) is 75.9 cm³/mol. The summed E-state index contributed by atoms with van der Waals surface area (Å²) in [6, 6.07) is 8.40. The number of benzene rings is 1. The Morgan fingerprint density at radius 1 is 1.28 bits per heavy atom. The Morgan fingerprint density at radius 3 is 2.89 bits per heavy atom. The third kappa shape index (κ3) is 3.74. The molecule has 0 aromatic heterocycles. The van der Waals surface area contributed by atoms with Crippen molar-refractivity contribution in [2.24, 2.45) is 5.92 Å². The van der Waals surface area contributed by atoms with E-state index in [1.165, 1.54) is 37.7 Å². The smallest absolute Gasteiger partial charge is 0.115 e. The Kier molecular flexibility index (Phi) is 5.06. The molecule has 0 saturated heterocycles. The van der Waals surface area contributed by atoms with Gasteiger partial charge in [-0.25, -0.2) is 0 Å². The summed E-state index contributed by atoms with van der Waals surface area (Å²) < 4.78 is 0. The lowest BCUT2D eigenvalue weighted by Gasteiger charge is -2.32. The number of nitrogens with one attached hydrogen (secondary N) is 1. The Bertz CT molecular complexity index is 364. The second kappa shape index (κ2) is 6.79. The minimum atomic E-state index is 0.390. The second-order valence-corrected chi connectivity index (χ2v) is 5.48. The molecule has 100 valence electrons.